The number of thiophene rings is 1. The second kappa shape index (κ2) is 5.70. The summed E-state index contributed by atoms with van der Waals surface area (Å²) in [6.45, 7) is 2.44. The number of nitrogens with zero attached hydrogens (tertiary/aromatic N) is 1. The number of halogens is 1. The van der Waals surface area contributed by atoms with E-state index in [1.165, 1.54) is 56.5 Å². The van der Waals surface area contributed by atoms with Gasteiger partial charge in [0.15, 0.2) is 0 Å². The molecule has 1 aliphatic carbocycles. The second-order valence-corrected chi connectivity index (χ2v) is 7.49. The van der Waals surface area contributed by atoms with E-state index in [-0.39, 0.29) is 11.6 Å². The summed E-state index contributed by atoms with van der Waals surface area (Å²) in [5, 5.41) is 0. The first kappa shape index (κ1) is 13.8. The van der Waals surface area contributed by atoms with Gasteiger partial charge in [0.25, 0.3) is 0 Å². The van der Waals surface area contributed by atoms with Gasteiger partial charge in [0.05, 0.1) is 10.4 Å². The Morgan fingerprint density at radius 2 is 1.89 bits per heavy atom. The van der Waals surface area contributed by atoms with Gasteiger partial charge in [-0.05, 0) is 50.9 Å². The van der Waals surface area contributed by atoms with Gasteiger partial charge in [0.2, 0.25) is 0 Å². The van der Waals surface area contributed by atoms with E-state index in [0.29, 0.717) is 0 Å². The van der Waals surface area contributed by atoms with Crippen molar-refractivity contribution in [3.8, 4) is 0 Å². The highest BCUT2D eigenvalue weighted by Crippen LogP contribution is 2.47. The largest absolute Gasteiger partial charge is 0.296 e. The molecule has 19 heavy (non-hydrogen) atoms. The van der Waals surface area contributed by atoms with Crippen LogP contribution in [-0.2, 0) is 0 Å². The van der Waals surface area contributed by atoms with Crippen LogP contribution in [0.2, 0.25) is 4.34 Å². The van der Waals surface area contributed by atoms with E-state index in [4.69, 9.17) is 17.4 Å². The summed E-state index contributed by atoms with van der Waals surface area (Å²) >= 11 is 7.77. The van der Waals surface area contributed by atoms with Crippen LogP contribution in [-0.4, -0.2) is 23.5 Å². The Labute approximate surface area is 124 Å². The average molecular weight is 300 g/mol. The van der Waals surface area contributed by atoms with Crippen LogP contribution >= 0.6 is 22.9 Å². The summed E-state index contributed by atoms with van der Waals surface area (Å²) in [6.07, 6.45) is 7.77. The number of hydrogen-bond donors (Lipinski definition) is 2. The van der Waals surface area contributed by atoms with Gasteiger partial charge in [0.1, 0.15) is 0 Å². The minimum absolute atomic E-state index is 0.208. The van der Waals surface area contributed by atoms with Gasteiger partial charge < -0.3 is 0 Å². The molecule has 1 aromatic rings. The van der Waals surface area contributed by atoms with Crippen molar-refractivity contribution in [3.63, 3.8) is 0 Å². The topological polar surface area (TPSA) is 41.3 Å². The van der Waals surface area contributed by atoms with Crippen LogP contribution in [0, 0.1) is 0 Å². The molecule has 106 valence electrons. The average Bonchev–Trinajstić information content (AvgIpc) is 3.10. The molecule has 0 radical (unpaired) electrons. The first-order chi connectivity index (χ1) is 9.26. The van der Waals surface area contributed by atoms with Crippen LogP contribution in [0.1, 0.15) is 49.4 Å². The lowest BCUT2D eigenvalue weighted by molar-refractivity contribution is 0.0778. The molecule has 3 nitrogen and oxygen atoms in total. The predicted octanol–water partition coefficient (Wildman–Crippen LogP) is 3.31. The number of likely N-dealkylation sites (tertiary alicyclic amines) is 1. The number of nitrogens with two attached hydrogens (primary N) is 1. The van der Waals surface area contributed by atoms with E-state index < -0.39 is 0 Å². The molecule has 1 aliphatic heterocycles. The number of nitrogens with one attached hydrogen (secondary N) is 1. The van der Waals surface area contributed by atoms with Crippen molar-refractivity contribution >= 4 is 22.9 Å². The van der Waals surface area contributed by atoms with Crippen molar-refractivity contribution in [2.24, 2.45) is 5.84 Å². The summed E-state index contributed by atoms with van der Waals surface area (Å²) in [6, 6.07) is 4.33. The molecule has 0 aromatic carbocycles. The molecule has 1 unspecified atom stereocenters. The van der Waals surface area contributed by atoms with Crippen molar-refractivity contribution in [1.82, 2.24) is 10.3 Å². The van der Waals surface area contributed by atoms with Crippen LogP contribution in [0.3, 0.4) is 0 Å². The zero-order chi connectivity index (χ0) is 13.3. The Morgan fingerprint density at radius 3 is 2.42 bits per heavy atom. The summed E-state index contributed by atoms with van der Waals surface area (Å²) in [7, 11) is 0. The molecule has 2 fully saturated rings. The SMILES string of the molecule is NNC(c1ccc(Cl)s1)C1(N2CCCC2)CCCC1. The molecule has 1 saturated heterocycles. The van der Waals surface area contributed by atoms with Crippen LogP contribution in [0.5, 0.6) is 0 Å². The lowest BCUT2D eigenvalue weighted by Crippen LogP contribution is -2.55. The molecular formula is C14H22ClN3S. The second-order valence-electron chi connectivity index (χ2n) is 5.75. The zero-order valence-electron chi connectivity index (χ0n) is 11.2. The summed E-state index contributed by atoms with van der Waals surface area (Å²) in [4.78, 5) is 3.96. The van der Waals surface area contributed by atoms with E-state index >= 15 is 0 Å². The fourth-order valence-electron chi connectivity index (χ4n) is 3.92. The predicted molar refractivity (Wildman–Crippen MR) is 81.4 cm³/mol. The molecule has 3 N–H and O–H groups in total. The fraction of sp³-hybridized carbons (Fsp3) is 0.714. The highest BCUT2D eigenvalue weighted by Gasteiger charge is 2.47. The first-order valence-electron chi connectivity index (χ1n) is 7.23. The normalized spacial score (nSPS) is 24.9. The van der Waals surface area contributed by atoms with Crippen LogP contribution in [0.4, 0.5) is 0 Å². The molecule has 0 bridgehead atoms. The minimum Gasteiger partial charge on any atom is -0.296 e. The van der Waals surface area contributed by atoms with Gasteiger partial charge in [-0.3, -0.25) is 16.2 Å². The highest BCUT2D eigenvalue weighted by molar-refractivity contribution is 7.16. The van der Waals surface area contributed by atoms with Crippen LogP contribution < -0.4 is 11.3 Å². The third kappa shape index (κ3) is 2.45. The van der Waals surface area contributed by atoms with Gasteiger partial charge in [0, 0.05) is 10.4 Å². The quantitative estimate of drug-likeness (QED) is 0.662. The van der Waals surface area contributed by atoms with Crippen molar-refractivity contribution < 1.29 is 0 Å². The highest BCUT2D eigenvalue weighted by atomic mass is 35.5. The van der Waals surface area contributed by atoms with Crippen molar-refractivity contribution in [2.45, 2.75) is 50.1 Å². The van der Waals surface area contributed by atoms with Crippen LogP contribution in [0.25, 0.3) is 0 Å². The van der Waals surface area contributed by atoms with Gasteiger partial charge in [-0.15, -0.1) is 11.3 Å². The smallest absolute Gasteiger partial charge is 0.0931 e. The molecule has 5 heteroatoms. The standard InChI is InChI=1S/C14H22ClN3S/c15-12-6-5-11(19-12)13(17-16)14(7-1-2-8-14)18-9-3-4-10-18/h5-6,13,17H,1-4,7-10,16H2. The van der Waals surface area contributed by atoms with E-state index in [2.05, 4.69) is 16.4 Å². The number of rotatable bonds is 4. The summed E-state index contributed by atoms with van der Waals surface area (Å²) in [5.74, 6) is 5.93. The third-order valence-electron chi connectivity index (χ3n) is 4.79. The van der Waals surface area contributed by atoms with Crippen molar-refractivity contribution in [2.75, 3.05) is 13.1 Å². The molecule has 2 aliphatic rings. The molecular weight excluding hydrogens is 278 g/mol. The van der Waals surface area contributed by atoms with E-state index in [1.54, 1.807) is 11.3 Å². The van der Waals surface area contributed by atoms with Crippen molar-refractivity contribution in [1.29, 1.82) is 0 Å². The maximum atomic E-state index is 6.11. The lowest BCUT2D eigenvalue weighted by atomic mass is 9.85. The molecule has 2 heterocycles. The van der Waals surface area contributed by atoms with E-state index in [1.807, 2.05) is 6.07 Å². The Balaban J connectivity index is 1.93. The van der Waals surface area contributed by atoms with Gasteiger partial charge in [-0.2, -0.15) is 0 Å². The zero-order valence-corrected chi connectivity index (χ0v) is 12.8. The van der Waals surface area contributed by atoms with E-state index in [9.17, 15) is 0 Å². The minimum atomic E-state index is 0.208. The van der Waals surface area contributed by atoms with Gasteiger partial charge >= 0.3 is 0 Å². The first-order valence-corrected chi connectivity index (χ1v) is 8.42. The lowest BCUT2D eigenvalue weighted by Gasteiger charge is -2.44. The van der Waals surface area contributed by atoms with Crippen molar-refractivity contribution in [3.05, 3.63) is 21.3 Å². The maximum absolute atomic E-state index is 6.11. The summed E-state index contributed by atoms with van der Waals surface area (Å²) in [5.41, 5.74) is 3.31. The third-order valence-corrected chi connectivity index (χ3v) is 6.08. The Morgan fingerprint density at radius 1 is 1.21 bits per heavy atom. The molecule has 1 saturated carbocycles. The number of hydrazine groups is 1. The molecule has 0 spiro atoms. The molecule has 1 atom stereocenters. The van der Waals surface area contributed by atoms with Gasteiger partial charge in [-0.25, -0.2) is 0 Å². The van der Waals surface area contributed by atoms with E-state index in [0.717, 1.165) is 4.34 Å². The maximum Gasteiger partial charge on any atom is 0.0931 e. The molecule has 3 rings (SSSR count). The Hall–Kier alpha value is -0.130. The Kier molecular flexibility index (Phi) is 4.15. The monoisotopic (exact) mass is 299 g/mol. The van der Waals surface area contributed by atoms with Gasteiger partial charge in [-0.1, -0.05) is 24.4 Å². The summed E-state index contributed by atoms with van der Waals surface area (Å²) < 4.78 is 0.852. The number of hydrogen-bond acceptors (Lipinski definition) is 4. The fourth-order valence-corrected chi connectivity index (χ4v) is 5.16. The molecule has 1 aromatic heterocycles. The Bertz CT molecular complexity index is 422. The van der Waals surface area contributed by atoms with Crippen LogP contribution in [0.15, 0.2) is 12.1 Å². The molecule has 0 amide bonds.